The number of benzene rings is 7. The number of hydrogen-bond acceptors (Lipinski definition) is 2. The Hall–Kier alpha value is -6.68. The molecule has 0 amide bonds. The van der Waals surface area contributed by atoms with Crippen LogP contribution in [0.2, 0.25) is 0 Å². The molecule has 8 aromatic rings. The van der Waals surface area contributed by atoms with Gasteiger partial charge in [0.2, 0.25) is 0 Å². The first-order valence-corrected chi connectivity index (χ1v) is 17.0. The van der Waals surface area contributed by atoms with Gasteiger partial charge in [-0.1, -0.05) is 115 Å². The Morgan fingerprint density at radius 1 is 0.540 bits per heavy atom. The maximum atomic E-state index is 10.4. The van der Waals surface area contributed by atoms with Crippen molar-refractivity contribution >= 4 is 21.8 Å². The van der Waals surface area contributed by atoms with E-state index in [1.54, 1.807) is 0 Å². The van der Waals surface area contributed by atoms with E-state index in [0.717, 1.165) is 46.3 Å². The molecule has 3 nitrogen and oxygen atoms in total. The molecule has 0 radical (unpaired) electrons. The van der Waals surface area contributed by atoms with E-state index in [0.29, 0.717) is 11.1 Å². The van der Waals surface area contributed by atoms with Crippen LogP contribution in [0.5, 0.6) is 0 Å². The van der Waals surface area contributed by atoms with Crippen molar-refractivity contribution in [1.29, 1.82) is 10.5 Å². The van der Waals surface area contributed by atoms with Crippen molar-refractivity contribution < 1.29 is 0 Å². The maximum absolute atomic E-state index is 10.4. The Balaban J connectivity index is 1.05. The van der Waals surface area contributed by atoms with Gasteiger partial charge in [0.1, 0.15) is 0 Å². The van der Waals surface area contributed by atoms with Gasteiger partial charge in [-0.15, -0.1) is 0 Å². The lowest BCUT2D eigenvalue weighted by molar-refractivity contribution is 0.673. The highest BCUT2D eigenvalue weighted by Crippen LogP contribution is 2.43. The molecule has 50 heavy (non-hydrogen) atoms. The predicted octanol–water partition coefficient (Wildman–Crippen LogP) is 11.4. The average molecular weight is 638 g/mol. The molecule has 234 valence electrons. The fourth-order valence-corrected chi connectivity index (χ4v) is 8.01. The van der Waals surface area contributed by atoms with Gasteiger partial charge in [-0.25, -0.2) is 0 Å². The molecule has 9 rings (SSSR count). The Morgan fingerprint density at radius 3 is 1.94 bits per heavy atom. The second-order valence-corrected chi connectivity index (χ2v) is 13.1. The van der Waals surface area contributed by atoms with Gasteiger partial charge in [-0.2, -0.15) is 10.5 Å². The minimum atomic E-state index is 0.283. The summed E-state index contributed by atoms with van der Waals surface area (Å²) in [7, 11) is 0. The molecular formula is C47H31N3. The summed E-state index contributed by atoms with van der Waals surface area (Å²) in [5, 5.41) is 22.5. The highest BCUT2D eigenvalue weighted by Gasteiger charge is 2.26. The van der Waals surface area contributed by atoms with Gasteiger partial charge in [0, 0.05) is 16.5 Å². The van der Waals surface area contributed by atoms with Crippen molar-refractivity contribution in [2.75, 3.05) is 0 Å². The van der Waals surface area contributed by atoms with Crippen molar-refractivity contribution in [2.45, 2.75) is 18.8 Å². The molecule has 0 N–H and O–H groups in total. The molecule has 7 aromatic carbocycles. The van der Waals surface area contributed by atoms with Gasteiger partial charge >= 0.3 is 0 Å². The molecule has 0 bridgehead atoms. The molecular weight excluding hydrogens is 607 g/mol. The van der Waals surface area contributed by atoms with Crippen LogP contribution in [0.15, 0.2) is 158 Å². The zero-order valence-corrected chi connectivity index (χ0v) is 27.3. The van der Waals surface area contributed by atoms with Crippen molar-refractivity contribution in [1.82, 2.24) is 4.57 Å². The molecule has 0 saturated heterocycles. The second kappa shape index (κ2) is 12.1. The van der Waals surface area contributed by atoms with Crippen LogP contribution >= 0.6 is 0 Å². The molecule has 1 unspecified atom stereocenters. The summed E-state index contributed by atoms with van der Waals surface area (Å²) in [5.41, 5.74) is 15.2. The molecule has 0 saturated carbocycles. The van der Waals surface area contributed by atoms with Crippen LogP contribution in [-0.2, 0) is 12.8 Å². The van der Waals surface area contributed by atoms with Crippen molar-refractivity contribution in [3.63, 3.8) is 0 Å². The largest absolute Gasteiger partial charge is 0.309 e. The van der Waals surface area contributed by atoms with E-state index in [1.807, 2.05) is 18.2 Å². The number of nitriles is 2. The fourth-order valence-electron chi connectivity index (χ4n) is 8.01. The Morgan fingerprint density at radius 2 is 1.20 bits per heavy atom. The second-order valence-electron chi connectivity index (χ2n) is 13.1. The average Bonchev–Trinajstić information content (AvgIpc) is 3.52. The highest BCUT2D eigenvalue weighted by atomic mass is 15.0. The van der Waals surface area contributed by atoms with Crippen molar-refractivity contribution in [3.05, 3.63) is 186 Å². The molecule has 1 heterocycles. The topological polar surface area (TPSA) is 52.5 Å². The van der Waals surface area contributed by atoms with E-state index < -0.39 is 0 Å². The Kier molecular flexibility index (Phi) is 7.12. The molecule has 1 aliphatic rings. The maximum Gasteiger partial charge on any atom is 0.0998 e. The zero-order valence-electron chi connectivity index (χ0n) is 27.3. The normalized spacial score (nSPS) is 13.4. The molecule has 1 atom stereocenters. The third-order valence-corrected chi connectivity index (χ3v) is 10.3. The van der Waals surface area contributed by atoms with Crippen molar-refractivity contribution in [2.24, 2.45) is 0 Å². The summed E-state index contributed by atoms with van der Waals surface area (Å²) < 4.78 is 2.32. The first kappa shape index (κ1) is 29.5. The molecule has 0 spiro atoms. The highest BCUT2D eigenvalue weighted by molar-refractivity contribution is 6.09. The molecule has 0 aliphatic heterocycles. The van der Waals surface area contributed by atoms with Gasteiger partial charge in [0.25, 0.3) is 0 Å². The minimum absolute atomic E-state index is 0.283. The SMILES string of the molecule is N#Cc1ccc2c(c1)-c1ccccc1C(Cc1ccccc1-c1ccc(-c3ccc(-n4c5ccccc5c5ccccc54)cc3)cc1C#N)C2. The van der Waals surface area contributed by atoms with E-state index in [4.69, 9.17) is 0 Å². The van der Waals surface area contributed by atoms with Crippen LogP contribution in [-0.4, -0.2) is 4.57 Å². The summed E-state index contributed by atoms with van der Waals surface area (Å²) in [6, 6.07) is 60.0. The van der Waals surface area contributed by atoms with Crippen LogP contribution in [0, 0.1) is 22.7 Å². The number of fused-ring (bicyclic) bond motifs is 6. The molecule has 0 fully saturated rings. The van der Waals surface area contributed by atoms with Gasteiger partial charge < -0.3 is 4.57 Å². The Bertz CT molecular complexity index is 2630. The number of nitrogens with zero attached hydrogens (tertiary/aromatic N) is 3. The van der Waals surface area contributed by atoms with Crippen LogP contribution in [0.1, 0.15) is 33.7 Å². The standard InChI is InChI=1S/C47H31N3/c48-29-31-17-18-35-28-36(40-11-3-4-12-42(40)45(35)25-31)27-34-9-1-2-10-39(34)41-24-21-33(26-37(41)30-49)32-19-22-38(23-20-32)50-46-15-7-5-13-43(46)44-14-6-8-16-47(44)50/h1-26,36H,27-28H2. The molecule has 3 heteroatoms. The van der Waals surface area contributed by atoms with Gasteiger partial charge in [0.15, 0.2) is 0 Å². The summed E-state index contributed by atoms with van der Waals surface area (Å²) in [6.07, 6.45) is 1.75. The lowest BCUT2D eigenvalue weighted by Crippen LogP contribution is -2.14. The van der Waals surface area contributed by atoms with Crippen LogP contribution in [0.25, 0.3) is 60.9 Å². The van der Waals surface area contributed by atoms with Gasteiger partial charge in [-0.05, 0) is 111 Å². The third kappa shape index (κ3) is 4.88. The fraction of sp³-hybridized carbons (Fsp3) is 0.0638. The Labute approximate surface area is 291 Å². The van der Waals surface area contributed by atoms with Crippen LogP contribution in [0.4, 0.5) is 0 Å². The van der Waals surface area contributed by atoms with E-state index in [2.05, 4.69) is 156 Å². The lowest BCUT2D eigenvalue weighted by atomic mass is 9.75. The monoisotopic (exact) mass is 637 g/mol. The summed E-state index contributed by atoms with van der Waals surface area (Å²) in [5.74, 6) is 0.283. The summed E-state index contributed by atoms with van der Waals surface area (Å²) in [6.45, 7) is 0. The smallest absolute Gasteiger partial charge is 0.0998 e. The molecule has 1 aliphatic carbocycles. The number of para-hydroxylation sites is 2. The number of hydrogen-bond donors (Lipinski definition) is 0. The zero-order chi connectivity index (χ0) is 33.6. The van der Waals surface area contributed by atoms with E-state index in [9.17, 15) is 10.5 Å². The minimum Gasteiger partial charge on any atom is -0.309 e. The first-order chi connectivity index (χ1) is 24.7. The van der Waals surface area contributed by atoms with Gasteiger partial charge in [-0.3, -0.25) is 0 Å². The van der Waals surface area contributed by atoms with Crippen molar-refractivity contribution in [3.8, 4) is 51.2 Å². The first-order valence-electron chi connectivity index (χ1n) is 17.0. The molecule has 1 aromatic heterocycles. The van der Waals surface area contributed by atoms with Gasteiger partial charge in [0.05, 0.1) is 34.3 Å². The summed E-state index contributed by atoms with van der Waals surface area (Å²) >= 11 is 0. The summed E-state index contributed by atoms with van der Waals surface area (Å²) in [4.78, 5) is 0. The quantitative estimate of drug-likeness (QED) is 0.189. The number of rotatable bonds is 5. The predicted molar refractivity (Wildman–Crippen MR) is 203 cm³/mol. The van der Waals surface area contributed by atoms with Crippen LogP contribution < -0.4 is 0 Å². The van der Waals surface area contributed by atoms with E-state index in [1.165, 1.54) is 44.1 Å². The van der Waals surface area contributed by atoms with Crippen LogP contribution in [0.3, 0.4) is 0 Å². The number of aromatic nitrogens is 1. The van der Waals surface area contributed by atoms with E-state index >= 15 is 0 Å². The third-order valence-electron chi connectivity index (χ3n) is 10.3. The lowest BCUT2D eigenvalue weighted by Gasteiger charge is -2.29. The van der Waals surface area contributed by atoms with E-state index in [-0.39, 0.29) is 5.92 Å².